The van der Waals surface area contributed by atoms with Gasteiger partial charge in [0, 0.05) is 5.69 Å². The average Bonchev–Trinajstić information content (AvgIpc) is 2.57. The van der Waals surface area contributed by atoms with Crippen molar-refractivity contribution in [2.75, 3.05) is 0 Å². The van der Waals surface area contributed by atoms with Crippen molar-refractivity contribution in [2.24, 2.45) is 0 Å². The molecule has 0 amide bonds. The van der Waals surface area contributed by atoms with Gasteiger partial charge in [-0.2, -0.15) is 5.10 Å². The molecule has 2 aromatic rings. The zero-order chi connectivity index (χ0) is 11.7. The van der Waals surface area contributed by atoms with Crippen LogP contribution in [0.2, 0.25) is 0 Å². The van der Waals surface area contributed by atoms with Gasteiger partial charge in [-0.15, -0.1) is 0 Å². The van der Waals surface area contributed by atoms with Crippen molar-refractivity contribution in [1.82, 2.24) is 9.78 Å². The van der Waals surface area contributed by atoms with E-state index in [-0.39, 0.29) is 5.69 Å². The first-order chi connectivity index (χ1) is 7.60. The van der Waals surface area contributed by atoms with E-state index in [1.165, 1.54) is 12.1 Å². The lowest BCUT2D eigenvalue weighted by molar-refractivity contribution is 0.626. The minimum absolute atomic E-state index is 0.278. The topological polar surface area (TPSA) is 22.2 Å². The monoisotopic (exact) mass is 327 g/mol. The van der Waals surface area contributed by atoms with Gasteiger partial charge in [0.25, 0.3) is 0 Å². The highest BCUT2D eigenvalue weighted by Crippen LogP contribution is 2.21. The molecular formula is C11H7FIN3. The highest BCUT2D eigenvalue weighted by atomic mass is 127. The number of aromatic nitrogens is 2. The Bertz CT molecular complexity index is 583. The summed E-state index contributed by atoms with van der Waals surface area (Å²) >= 11 is 2.09. The molecule has 16 heavy (non-hydrogen) atoms. The predicted molar refractivity (Wildman–Crippen MR) is 67.2 cm³/mol. The quantitative estimate of drug-likeness (QED) is 0.581. The van der Waals surface area contributed by atoms with E-state index in [1.807, 2.05) is 13.0 Å². The zero-order valence-electron chi connectivity index (χ0n) is 8.41. The Balaban J connectivity index is 2.60. The normalized spacial score (nSPS) is 10.1. The summed E-state index contributed by atoms with van der Waals surface area (Å²) < 4.78 is 15.7. The van der Waals surface area contributed by atoms with E-state index in [2.05, 4.69) is 32.5 Å². The van der Waals surface area contributed by atoms with Crippen LogP contribution in [0.4, 0.5) is 10.1 Å². The van der Waals surface area contributed by atoms with Crippen LogP contribution >= 0.6 is 22.6 Å². The van der Waals surface area contributed by atoms with E-state index in [1.54, 1.807) is 10.7 Å². The van der Waals surface area contributed by atoms with Gasteiger partial charge >= 0.3 is 0 Å². The van der Waals surface area contributed by atoms with Gasteiger partial charge in [0.2, 0.25) is 0 Å². The van der Waals surface area contributed by atoms with Crippen molar-refractivity contribution in [1.29, 1.82) is 0 Å². The maximum Gasteiger partial charge on any atom is 0.192 e. The third-order valence-electron chi connectivity index (χ3n) is 2.10. The molecule has 0 aliphatic heterocycles. The number of aryl methyl sites for hydroxylation is 1. The summed E-state index contributed by atoms with van der Waals surface area (Å²) in [6.45, 7) is 8.77. The lowest BCUT2D eigenvalue weighted by Gasteiger charge is -2.04. The van der Waals surface area contributed by atoms with Crippen LogP contribution in [0.3, 0.4) is 0 Å². The summed E-state index contributed by atoms with van der Waals surface area (Å²) in [5, 5.41) is 4.23. The molecule has 5 heteroatoms. The summed E-state index contributed by atoms with van der Waals surface area (Å²) in [6.07, 6.45) is 0. The number of nitrogens with zero attached hydrogens (tertiary/aromatic N) is 3. The molecule has 0 bridgehead atoms. The van der Waals surface area contributed by atoms with Gasteiger partial charge in [0.1, 0.15) is 9.52 Å². The van der Waals surface area contributed by atoms with E-state index in [0.717, 1.165) is 9.39 Å². The maximum atomic E-state index is 13.3. The molecule has 0 N–H and O–H groups in total. The number of hydrogen-bond acceptors (Lipinski definition) is 1. The molecule has 1 aromatic heterocycles. The Kier molecular flexibility index (Phi) is 2.92. The van der Waals surface area contributed by atoms with Gasteiger partial charge in [-0.25, -0.2) is 13.9 Å². The molecule has 0 aliphatic carbocycles. The molecule has 0 aliphatic rings. The fourth-order valence-electron chi connectivity index (χ4n) is 1.44. The van der Waals surface area contributed by atoms with Gasteiger partial charge in [0.05, 0.1) is 12.3 Å². The molecule has 3 nitrogen and oxygen atoms in total. The van der Waals surface area contributed by atoms with Crippen LogP contribution in [0.1, 0.15) is 5.69 Å². The minimum atomic E-state index is -0.423. The fourth-order valence-corrected chi connectivity index (χ4v) is 2.11. The van der Waals surface area contributed by atoms with Gasteiger partial charge in [-0.3, -0.25) is 0 Å². The Morgan fingerprint density at radius 1 is 1.38 bits per heavy atom. The van der Waals surface area contributed by atoms with Crippen molar-refractivity contribution in [3.8, 4) is 5.69 Å². The molecule has 0 saturated heterocycles. The first-order valence-corrected chi connectivity index (χ1v) is 5.58. The zero-order valence-corrected chi connectivity index (χ0v) is 10.6. The Morgan fingerprint density at radius 3 is 2.69 bits per heavy atom. The van der Waals surface area contributed by atoms with Crippen LogP contribution in [-0.2, 0) is 0 Å². The molecule has 0 radical (unpaired) electrons. The first-order valence-electron chi connectivity index (χ1n) is 4.51. The molecular weight excluding hydrogens is 320 g/mol. The second-order valence-corrected chi connectivity index (χ2v) is 4.40. The Morgan fingerprint density at radius 2 is 2.12 bits per heavy atom. The first kappa shape index (κ1) is 11.1. The predicted octanol–water partition coefficient (Wildman–Crippen LogP) is 3.48. The van der Waals surface area contributed by atoms with Crippen LogP contribution < -0.4 is 0 Å². The molecule has 0 fully saturated rings. The van der Waals surface area contributed by atoms with Crippen LogP contribution in [-0.4, -0.2) is 9.78 Å². The van der Waals surface area contributed by atoms with Crippen molar-refractivity contribution < 1.29 is 4.39 Å². The van der Waals surface area contributed by atoms with E-state index in [9.17, 15) is 4.39 Å². The van der Waals surface area contributed by atoms with Crippen molar-refractivity contribution in [2.45, 2.75) is 6.92 Å². The second kappa shape index (κ2) is 4.22. The molecule has 0 atom stereocenters. The van der Waals surface area contributed by atoms with Crippen molar-refractivity contribution in [3.63, 3.8) is 0 Å². The van der Waals surface area contributed by atoms with E-state index in [4.69, 9.17) is 6.57 Å². The number of hydrogen-bond donors (Lipinski definition) is 0. The van der Waals surface area contributed by atoms with Gasteiger partial charge < -0.3 is 0 Å². The summed E-state index contributed by atoms with van der Waals surface area (Å²) in [5.74, 6) is -0.423. The van der Waals surface area contributed by atoms with Crippen LogP contribution in [0.5, 0.6) is 0 Å². The third kappa shape index (κ3) is 2.07. The smallest absolute Gasteiger partial charge is 0.192 e. The molecule has 0 unspecified atom stereocenters. The minimum Gasteiger partial charge on any atom is -0.238 e. The Labute approximate surface area is 106 Å². The molecule has 2 rings (SSSR count). The van der Waals surface area contributed by atoms with E-state index < -0.39 is 5.82 Å². The third-order valence-corrected chi connectivity index (χ3v) is 2.63. The van der Waals surface area contributed by atoms with Crippen LogP contribution in [0.25, 0.3) is 10.5 Å². The number of benzene rings is 1. The average molecular weight is 327 g/mol. The van der Waals surface area contributed by atoms with Gasteiger partial charge in [0.15, 0.2) is 5.69 Å². The standard InChI is InChI=1S/C11H7FIN3/c1-7-3-11(13)15-16(7)10-5-8(12)4-9(6-10)14-2/h3-6H,1H3. The summed E-state index contributed by atoms with van der Waals surface area (Å²) in [4.78, 5) is 3.22. The van der Waals surface area contributed by atoms with Crippen molar-refractivity contribution in [3.05, 3.63) is 50.9 Å². The largest absolute Gasteiger partial charge is 0.238 e. The van der Waals surface area contributed by atoms with E-state index in [0.29, 0.717) is 5.69 Å². The van der Waals surface area contributed by atoms with Gasteiger partial charge in [-0.05, 0) is 53.8 Å². The second-order valence-electron chi connectivity index (χ2n) is 3.30. The SMILES string of the molecule is [C-]#[N+]c1cc(F)cc(-n2nc(I)cc2C)c1. The number of halogens is 2. The van der Waals surface area contributed by atoms with E-state index >= 15 is 0 Å². The molecule has 1 heterocycles. The lowest BCUT2D eigenvalue weighted by Crippen LogP contribution is -1.99. The van der Waals surface area contributed by atoms with Crippen LogP contribution in [0.15, 0.2) is 24.3 Å². The number of rotatable bonds is 1. The summed E-state index contributed by atoms with van der Waals surface area (Å²) in [6, 6.07) is 6.08. The van der Waals surface area contributed by atoms with Crippen LogP contribution in [0, 0.1) is 23.0 Å². The fraction of sp³-hybridized carbons (Fsp3) is 0.0909. The maximum absolute atomic E-state index is 13.3. The summed E-state index contributed by atoms with van der Waals surface area (Å²) in [5.41, 5.74) is 1.76. The summed E-state index contributed by atoms with van der Waals surface area (Å²) in [7, 11) is 0. The molecule has 0 saturated carbocycles. The van der Waals surface area contributed by atoms with Gasteiger partial charge in [-0.1, -0.05) is 0 Å². The molecule has 80 valence electrons. The highest BCUT2D eigenvalue weighted by molar-refractivity contribution is 14.1. The molecule has 1 aromatic carbocycles. The van der Waals surface area contributed by atoms with Crippen molar-refractivity contribution >= 4 is 28.3 Å². The lowest BCUT2D eigenvalue weighted by atomic mass is 10.2. The Hall–Kier alpha value is -1.42. The highest BCUT2D eigenvalue weighted by Gasteiger charge is 2.07. The molecule has 0 spiro atoms.